The summed E-state index contributed by atoms with van der Waals surface area (Å²) in [4.78, 5) is 32.4. The molecule has 1 aromatic carbocycles. The number of allylic oxidation sites excluding steroid dienone is 1. The van der Waals surface area contributed by atoms with Gasteiger partial charge in [0.05, 0.1) is 17.8 Å². The SMILES string of the molecule is [C-]#[N+]C([N+]#[C-])=C1NC(=O)C(c2ccc3c(c2)CC(C)(C)N3CCCCOC(=O)C=C)=C1C#N. The maximum absolute atomic E-state index is 12.6. The lowest BCUT2D eigenvalue weighted by Gasteiger charge is -2.34. The van der Waals surface area contributed by atoms with E-state index in [1.807, 2.05) is 18.2 Å². The average molecular weight is 441 g/mol. The zero-order valence-corrected chi connectivity index (χ0v) is 18.6. The van der Waals surface area contributed by atoms with Crippen LogP contribution in [0.3, 0.4) is 0 Å². The number of hydrogen-bond donors (Lipinski definition) is 1. The summed E-state index contributed by atoms with van der Waals surface area (Å²) in [6.45, 7) is 23.1. The van der Waals surface area contributed by atoms with Gasteiger partial charge in [-0.1, -0.05) is 12.6 Å². The van der Waals surface area contributed by atoms with Gasteiger partial charge >= 0.3 is 11.8 Å². The Morgan fingerprint density at radius 1 is 1.36 bits per heavy atom. The van der Waals surface area contributed by atoms with Crippen LogP contribution >= 0.6 is 0 Å². The summed E-state index contributed by atoms with van der Waals surface area (Å²) in [7, 11) is 0. The summed E-state index contributed by atoms with van der Waals surface area (Å²) in [6, 6.07) is 7.63. The number of anilines is 1. The van der Waals surface area contributed by atoms with Crippen molar-refractivity contribution in [2.45, 2.75) is 38.6 Å². The quantitative estimate of drug-likeness (QED) is 0.301. The highest BCUT2D eigenvalue weighted by atomic mass is 16.5. The number of nitrogens with one attached hydrogen (secondary N) is 1. The molecule has 0 atom stereocenters. The van der Waals surface area contributed by atoms with E-state index in [0.29, 0.717) is 12.2 Å². The molecule has 2 aliphatic heterocycles. The van der Waals surface area contributed by atoms with E-state index in [2.05, 4.69) is 40.3 Å². The first-order valence-corrected chi connectivity index (χ1v) is 10.4. The van der Waals surface area contributed by atoms with Crippen molar-refractivity contribution >= 4 is 23.1 Å². The van der Waals surface area contributed by atoms with Gasteiger partial charge in [-0.05, 0) is 56.4 Å². The first kappa shape index (κ1) is 23.3. The molecule has 1 amide bonds. The molecule has 0 saturated heterocycles. The Morgan fingerprint density at radius 3 is 2.73 bits per heavy atom. The number of amides is 1. The van der Waals surface area contributed by atoms with Crippen molar-refractivity contribution in [3.63, 3.8) is 0 Å². The molecule has 33 heavy (non-hydrogen) atoms. The third kappa shape index (κ3) is 4.49. The molecular formula is C25H23N5O3. The molecule has 0 saturated carbocycles. The molecule has 0 radical (unpaired) electrons. The fraction of sp³-hybridized carbons (Fsp3) is 0.320. The summed E-state index contributed by atoms with van der Waals surface area (Å²) < 4.78 is 5.04. The lowest BCUT2D eigenvalue weighted by atomic mass is 9.95. The zero-order valence-electron chi connectivity index (χ0n) is 18.6. The highest BCUT2D eigenvalue weighted by Gasteiger charge is 2.38. The number of nitrogens with zero attached hydrogens (tertiary/aromatic N) is 4. The lowest BCUT2D eigenvalue weighted by molar-refractivity contribution is -0.137. The number of rotatable bonds is 7. The van der Waals surface area contributed by atoms with Gasteiger partial charge in [-0.25, -0.2) is 4.79 Å². The molecule has 8 nitrogen and oxygen atoms in total. The summed E-state index contributed by atoms with van der Waals surface area (Å²) in [5.74, 6) is -1.24. The maximum Gasteiger partial charge on any atom is 0.544 e. The Balaban J connectivity index is 1.87. The summed E-state index contributed by atoms with van der Waals surface area (Å²) in [5.41, 5.74) is 2.73. The number of fused-ring (bicyclic) bond motifs is 1. The average Bonchev–Trinajstić information content (AvgIpc) is 3.25. The van der Waals surface area contributed by atoms with E-state index in [4.69, 9.17) is 17.9 Å². The van der Waals surface area contributed by atoms with E-state index >= 15 is 0 Å². The lowest BCUT2D eigenvalue weighted by Crippen LogP contribution is -2.41. The minimum Gasteiger partial charge on any atom is -0.463 e. The van der Waals surface area contributed by atoms with Gasteiger partial charge in [-0.2, -0.15) is 15.0 Å². The van der Waals surface area contributed by atoms with Gasteiger partial charge in [0, 0.05) is 23.8 Å². The number of unbranched alkanes of at least 4 members (excludes halogenated alkanes) is 1. The van der Waals surface area contributed by atoms with Crippen LogP contribution in [0.1, 0.15) is 37.8 Å². The van der Waals surface area contributed by atoms with Gasteiger partial charge < -0.3 is 15.0 Å². The molecule has 2 aliphatic rings. The predicted octanol–water partition coefficient (Wildman–Crippen LogP) is 3.75. The fourth-order valence-corrected chi connectivity index (χ4v) is 4.23. The van der Waals surface area contributed by atoms with Gasteiger partial charge in [0.15, 0.2) is 5.70 Å². The van der Waals surface area contributed by atoms with Gasteiger partial charge in [0.2, 0.25) is 0 Å². The second kappa shape index (κ2) is 9.42. The smallest absolute Gasteiger partial charge is 0.463 e. The molecule has 0 bridgehead atoms. The van der Waals surface area contributed by atoms with Crippen LogP contribution < -0.4 is 10.2 Å². The molecule has 0 aromatic heterocycles. The molecular weight excluding hydrogens is 418 g/mol. The second-order valence-corrected chi connectivity index (χ2v) is 8.30. The minimum atomic E-state index is -0.491. The first-order chi connectivity index (χ1) is 15.8. The van der Waals surface area contributed by atoms with E-state index in [1.165, 1.54) is 0 Å². The first-order valence-electron chi connectivity index (χ1n) is 10.4. The Kier molecular flexibility index (Phi) is 6.66. The maximum atomic E-state index is 12.6. The third-order valence-electron chi connectivity index (χ3n) is 5.71. The number of hydrogen-bond acceptors (Lipinski definition) is 5. The summed E-state index contributed by atoms with van der Waals surface area (Å²) in [6.07, 6.45) is 3.48. The fourth-order valence-electron chi connectivity index (χ4n) is 4.23. The monoisotopic (exact) mass is 441 g/mol. The number of nitriles is 1. The number of carbonyl (C=O) groups excluding carboxylic acids is 2. The summed E-state index contributed by atoms with van der Waals surface area (Å²) in [5, 5.41) is 12.2. The molecule has 0 aliphatic carbocycles. The normalized spacial score (nSPS) is 15.8. The van der Waals surface area contributed by atoms with Gasteiger partial charge in [0.1, 0.15) is 19.2 Å². The molecule has 8 heteroatoms. The van der Waals surface area contributed by atoms with Crippen LogP contribution in [0.2, 0.25) is 0 Å². The van der Waals surface area contributed by atoms with Crippen molar-refractivity contribution in [1.29, 1.82) is 5.26 Å². The molecule has 0 fully saturated rings. The van der Waals surface area contributed by atoms with Gasteiger partial charge in [-0.15, -0.1) is 0 Å². The van der Waals surface area contributed by atoms with Crippen LogP contribution in [0.5, 0.6) is 0 Å². The van der Waals surface area contributed by atoms with Gasteiger partial charge in [-0.3, -0.25) is 4.79 Å². The predicted molar refractivity (Wildman–Crippen MR) is 123 cm³/mol. The van der Waals surface area contributed by atoms with Crippen LogP contribution in [-0.2, 0) is 20.7 Å². The van der Waals surface area contributed by atoms with Gasteiger partial charge in [0.25, 0.3) is 5.91 Å². The van der Waals surface area contributed by atoms with E-state index in [0.717, 1.165) is 43.1 Å². The molecule has 0 unspecified atom stereocenters. The van der Waals surface area contributed by atoms with Crippen LogP contribution in [0.4, 0.5) is 5.69 Å². The van der Waals surface area contributed by atoms with Crippen LogP contribution in [0.15, 0.2) is 47.9 Å². The Morgan fingerprint density at radius 2 is 2.09 bits per heavy atom. The second-order valence-electron chi connectivity index (χ2n) is 8.30. The van der Waals surface area contributed by atoms with E-state index in [-0.39, 0.29) is 28.2 Å². The molecule has 2 heterocycles. The minimum absolute atomic E-state index is 0.0186. The molecule has 0 spiro atoms. The Bertz CT molecular complexity index is 1200. The van der Waals surface area contributed by atoms with Crippen molar-refractivity contribution < 1.29 is 14.3 Å². The molecule has 1 aromatic rings. The zero-order chi connectivity index (χ0) is 24.2. The Hall–Kier alpha value is -4.35. The van der Waals surface area contributed by atoms with Crippen LogP contribution in [0.25, 0.3) is 15.3 Å². The number of esters is 1. The highest BCUT2D eigenvalue weighted by molar-refractivity contribution is 6.26. The van der Waals surface area contributed by atoms with Crippen molar-refractivity contribution in [1.82, 2.24) is 5.32 Å². The molecule has 166 valence electrons. The van der Waals surface area contributed by atoms with Crippen LogP contribution in [-0.4, -0.2) is 30.6 Å². The number of carbonyl (C=O) groups is 2. The van der Waals surface area contributed by atoms with E-state index < -0.39 is 11.9 Å². The summed E-state index contributed by atoms with van der Waals surface area (Å²) >= 11 is 0. The van der Waals surface area contributed by atoms with Crippen molar-refractivity contribution in [3.05, 3.63) is 81.9 Å². The van der Waals surface area contributed by atoms with Crippen molar-refractivity contribution in [2.75, 3.05) is 18.1 Å². The van der Waals surface area contributed by atoms with Crippen LogP contribution in [0, 0.1) is 24.5 Å². The topological polar surface area (TPSA) is 91.2 Å². The standard InChI is InChI=1S/C25H23N5O3/c1-6-20(31)33-12-8-7-11-30-19-10-9-16(13-17(19)14-25(30,2)3)21-18(15-26)22(29-24(21)32)23(27-4)28-5/h6,9-10,13H,1,7-8,11-12,14H2,2-3H3,(H,29,32). The Labute approximate surface area is 193 Å². The van der Waals surface area contributed by atoms with E-state index in [9.17, 15) is 14.9 Å². The van der Waals surface area contributed by atoms with Crippen molar-refractivity contribution in [3.8, 4) is 6.07 Å². The molecule has 1 N–H and O–H groups in total. The third-order valence-corrected chi connectivity index (χ3v) is 5.71. The number of benzene rings is 1. The number of ether oxygens (including phenoxy) is 1. The van der Waals surface area contributed by atoms with Crippen molar-refractivity contribution in [2.24, 2.45) is 0 Å². The molecule has 3 rings (SSSR count). The highest BCUT2D eigenvalue weighted by Crippen LogP contribution is 2.41. The van der Waals surface area contributed by atoms with E-state index in [1.54, 1.807) is 6.07 Å². The largest absolute Gasteiger partial charge is 0.544 e.